The molecule has 22 heavy (non-hydrogen) atoms. The van der Waals surface area contributed by atoms with Crippen LogP contribution in [-0.4, -0.2) is 31.6 Å². The summed E-state index contributed by atoms with van der Waals surface area (Å²) < 4.78 is 32.8. The van der Waals surface area contributed by atoms with E-state index in [-0.39, 0.29) is 12.3 Å². The Morgan fingerprint density at radius 1 is 1.32 bits per heavy atom. The third kappa shape index (κ3) is 7.05. The number of esters is 1. The molecule has 1 amide bonds. The Hall–Kier alpha value is -2.88. The number of hydrogen-bond acceptors (Lipinski definition) is 4. The van der Waals surface area contributed by atoms with Gasteiger partial charge in [0.05, 0.1) is 6.54 Å². The zero-order chi connectivity index (χ0) is 16.4. The van der Waals surface area contributed by atoms with Crippen LogP contribution >= 0.6 is 0 Å². The molecule has 0 aliphatic rings. The standard InChI is InChI=1S/C15H13F2NO4/c1-2-9-18-13(19)10-21-14(20)8-5-11-3-6-12(7-4-11)22-15(16)17/h1,3-8,15H,9-10H2,(H,18,19)/b8-5+. The van der Waals surface area contributed by atoms with Crippen LogP contribution < -0.4 is 10.1 Å². The molecule has 0 heterocycles. The number of hydrogen-bond donors (Lipinski definition) is 1. The van der Waals surface area contributed by atoms with Gasteiger partial charge in [-0.25, -0.2) is 4.79 Å². The first-order valence-electron chi connectivity index (χ1n) is 6.11. The first kappa shape index (κ1) is 17.2. The molecule has 1 aromatic carbocycles. The number of terminal acetylenes is 1. The van der Waals surface area contributed by atoms with Crippen molar-refractivity contribution < 1.29 is 27.8 Å². The van der Waals surface area contributed by atoms with Gasteiger partial charge in [-0.2, -0.15) is 8.78 Å². The van der Waals surface area contributed by atoms with Crippen LogP contribution in [-0.2, 0) is 14.3 Å². The molecule has 116 valence electrons. The lowest BCUT2D eigenvalue weighted by molar-refractivity contribution is -0.143. The lowest BCUT2D eigenvalue weighted by Crippen LogP contribution is -2.28. The molecule has 0 aliphatic carbocycles. The molecule has 0 bridgehead atoms. The molecular weight excluding hydrogens is 296 g/mol. The van der Waals surface area contributed by atoms with Gasteiger partial charge in [0.25, 0.3) is 5.91 Å². The van der Waals surface area contributed by atoms with Crippen molar-refractivity contribution in [3.8, 4) is 18.1 Å². The van der Waals surface area contributed by atoms with Crippen LogP contribution in [0, 0.1) is 12.3 Å². The number of carbonyl (C=O) groups excluding carboxylic acids is 2. The minimum absolute atomic E-state index is 0.0138. The highest BCUT2D eigenvalue weighted by atomic mass is 19.3. The van der Waals surface area contributed by atoms with Crippen molar-refractivity contribution >= 4 is 18.0 Å². The number of ether oxygens (including phenoxy) is 2. The fraction of sp³-hybridized carbons (Fsp3) is 0.200. The maximum absolute atomic E-state index is 12.0. The number of benzene rings is 1. The molecule has 0 aliphatic heterocycles. The molecule has 0 saturated heterocycles. The number of nitrogens with one attached hydrogen (secondary N) is 1. The maximum Gasteiger partial charge on any atom is 0.387 e. The molecule has 0 saturated carbocycles. The summed E-state index contributed by atoms with van der Waals surface area (Å²) in [7, 11) is 0. The van der Waals surface area contributed by atoms with Gasteiger partial charge in [0.15, 0.2) is 6.61 Å². The van der Waals surface area contributed by atoms with Gasteiger partial charge < -0.3 is 14.8 Å². The van der Waals surface area contributed by atoms with Gasteiger partial charge in [-0.05, 0) is 23.8 Å². The van der Waals surface area contributed by atoms with Crippen LogP contribution in [0.2, 0.25) is 0 Å². The smallest absolute Gasteiger partial charge is 0.387 e. The molecule has 0 radical (unpaired) electrons. The molecular formula is C15H13F2NO4. The molecule has 0 spiro atoms. The van der Waals surface area contributed by atoms with Crippen molar-refractivity contribution in [2.75, 3.05) is 13.2 Å². The molecule has 5 nitrogen and oxygen atoms in total. The van der Waals surface area contributed by atoms with Crippen LogP contribution in [0.15, 0.2) is 30.3 Å². The third-order valence-electron chi connectivity index (χ3n) is 2.25. The molecule has 0 aromatic heterocycles. The fourth-order valence-corrected chi connectivity index (χ4v) is 1.31. The van der Waals surface area contributed by atoms with E-state index in [2.05, 4.69) is 20.7 Å². The van der Waals surface area contributed by atoms with Gasteiger partial charge in [0.1, 0.15) is 5.75 Å². The summed E-state index contributed by atoms with van der Waals surface area (Å²) in [4.78, 5) is 22.5. The molecule has 0 atom stereocenters. The Bertz CT molecular complexity index is 576. The van der Waals surface area contributed by atoms with E-state index in [4.69, 9.17) is 6.42 Å². The highest BCUT2D eigenvalue weighted by Gasteiger charge is 2.04. The molecule has 7 heteroatoms. The van der Waals surface area contributed by atoms with Crippen molar-refractivity contribution in [3.05, 3.63) is 35.9 Å². The van der Waals surface area contributed by atoms with Gasteiger partial charge in [0, 0.05) is 6.08 Å². The lowest BCUT2D eigenvalue weighted by Gasteiger charge is -2.04. The zero-order valence-electron chi connectivity index (χ0n) is 11.4. The maximum atomic E-state index is 12.0. The van der Waals surface area contributed by atoms with E-state index in [1.54, 1.807) is 0 Å². The van der Waals surface area contributed by atoms with Crippen molar-refractivity contribution in [1.82, 2.24) is 5.32 Å². The van der Waals surface area contributed by atoms with E-state index < -0.39 is 25.1 Å². The summed E-state index contributed by atoms with van der Waals surface area (Å²) in [5, 5.41) is 2.33. The first-order chi connectivity index (χ1) is 10.5. The average Bonchev–Trinajstić information content (AvgIpc) is 2.49. The molecule has 1 N–H and O–H groups in total. The number of amides is 1. The largest absolute Gasteiger partial charge is 0.452 e. The third-order valence-corrected chi connectivity index (χ3v) is 2.25. The molecule has 1 aromatic rings. The van der Waals surface area contributed by atoms with E-state index >= 15 is 0 Å². The summed E-state index contributed by atoms with van der Waals surface area (Å²) in [6, 6.07) is 5.65. The minimum atomic E-state index is -2.89. The summed E-state index contributed by atoms with van der Waals surface area (Å²) >= 11 is 0. The Balaban J connectivity index is 2.42. The Morgan fingerprint density at radius 3 is 2.59 bits per heavy atom. The van der Waals surface area contributed by atoms with Gasteiger partial charge >= 0.3 is 12.6 Å². The SMILES string of the molecule is C#CCNC(=O)COC(=O)/C=C/c1ccc(OC(F)F)cc1. The lowest BCUT2D eigenvalue weighted by atomic mass is 10.2. The van der Waals surface area contributed by atoms with Gasteiger partial charge in [-0.1, -0.05) is 18.1 Å². The molecule has 0 fully saturated rings. The van der Waals surface area contributed by atoms with Crippen LogP contribution in [0.1, 0.15) is 5.56 Å². The average molecular weight is 309 g/mol. The Morgan fingerprint density at radius 2 is 2.00 bits per heavy atom. The van der Waals surface area contributed by atoms with Crippen molar-refractivity contribution in [2.24, 2.45) is 0 Å². The number of carbonyl (C=O) groups is 2. The normalized spacial score (nSPS) is 10.3. The Labute approximate surface area is 125 Å². The predicted molar refractivity (Wildman–Crippen MR) is 74.9 cm³/mol. The van der Waals surface area contributed by atoms with Crippen LogP contribution in [0.4, 0.5) is 8.78 Å². The summed E-state index contributed by atoms with van der Waals surface area (Å²) in [6.07, 6.45) is 7.47. The van der Waals surface area contributed by atoms with E-state index in [9.17, 15) is 18.4 Å². The number of rotatable bonds is 7. The molecule has 0 unspecified atom stereocenters. The predicted octanol–water partition coefficient (Wildman–Crippen LogP) is 1.59. The number of alkyl halides is 2. The van der Waals surface area contributed by atoms with Gasteiger partial charge in [-0.3, -0.25) is 4.79 Å². The quantitative estimate of drug-likeness (QED) is 0.472. The second kappa shape index (κ2) is 9.13. The van der Waals surface area contributed by atoms with Crippen molar-refractivity contribution in [3.63, 3.8) is 0 Å². The second-order valence-electron chi connectivity index (χ2n) is 3.87. The van der Waals surface area contributed by atoms with Crippen LogP contribution in [0.3, 0.4) is 0 Å². The van der Waals surface area contributed by atoms with Gasteiger partial charge in [0.2, 0.25) is 0 Å². The first-order valence-corrected chi connectivity index (χ1v) is 6.11. The van der Waals surface area contributed by atoms with Crippen molar-refractivity contribution in [1.29, 1.82) is 0 Å². The Kier molecular flexibility index (Phi) is 7.13. The molecule has 1 rings (SSSR count). The van der Waals surface area contributed by atoms with E-state index in [0.29, 0.717) is 5.56 Å². The zero-order valence-corrected chi connectivity index (χ0v) is 11.4. The van der Waals surface area contributed by atoms with Crippen molar-refractivity contribution in [2.45, 2.75) is 6.61 Å². The summed E-state index contributed by atoms with van der Waals surface area (Å²) in [5.74, 6) is 0.994. The van der Waals surface area contributed by atoms with E-state index in [0.717, 1.165) is 6.08 Å². The van der Waals surface area contributed by atoms with Gasteiger partial charge in [-0.15, -0.1) is 6.42 Å². The number of halogens is 2. The summed E-state index contributed by atoms with van der Waals surface area (Å²) in [6.45, 7) is -3.28. The minimum Gasteiger partial charge on any atom is -0.452 e. The highest BCUT2D eigenvalue weighted by molar-refractivity contribution is 5.89. The van der Waals surface area contributed by atoms with Crippen LogP contribution in [0.5, 0.6) is 5.75 Å². The van der Waals surface area contributed by atoms with E-state index in [1.807, 2.05) is 0 Å². The topological polar surface area (TPSA) is 64.6 Å². The fourth-order valence-electron chi connectivity index (χ4n) is 1.31. The highest BCUT2D eigenvalue weighted by Crippen LogP contribution is 2.15. The summed E-state index contributed by atoms with van der Waals surface area (Å²) in [5.41, 5.74) is 0.579. The van der Waals surface area contributed by atoms with E-state index in [1.165, 1.54) is 30.3 Å². The monoisotopic (exact) mass is 309 g/mol. The second-order valence-corrected chi connectivity index (χ2v) is 3.87. The van der Waals surface area contributed by atoms with Crippen LogP contribution in [0.25, 0.3) is 6.08 Å².